The van der Waals surface area contributed by atoms with Crippen LogP contribution in [0, 0.1) is 5.82 Å². The van der Waals surface area contributed by atoms with Crippen LogP contribution in [0.25, 0.3) is 22.3 Å². The SMILES string of the molecule is CCCc1ccc(-c2ccc(-c3ccc(C(F)(F)OC(F)(F)F)cc3)c(F)c2)cc1. The summed E-state index contributed by atoms with van der Waals surface area (Å²) < 4.78 is 81.0. The highest BCUT2D eigenvalue weighted by atomic mass is 19.4. The van der Waals surface area contributed by atoms with Gasteiger partial charge in [0.2, 0.25) is 0 Å². The van der Waals surface area contributed by atoms with Crippen LogP contribution in [0.2, 0.25) is 0 Å². The number of hydrogen-bond acceptors (Lipinski definition) is 1. The molecular weight excluding hydrogens is 406 g/mol. The molecule has 3 aromatic carbocycles. The van der Waals surface area contributed by atoms with Gasteiger partial charge in [-0.25, -0.2) is 9.13 Å². The van der Waals surface area contributed by atoms with Gasteiger partial charge in [0.15, 0.2) is 0 Å². The number of alkyl halides is 5. The fourth-order valence-electron chi connectivity index (χ4n) is 3.13. The molecule has 1 nitrogen and oxygen atoms in total. The Morgan fingerprint density at radius 3 is 1.83 bits per heavy atom. The van der Waals surface area contributed by atoms with Crippen molar-refractivity contribution in [3.8, 4) is 22.3 Å². The number of halogens is 6. The van der Waals surface area contributed by atoms with Crippen molar-refractivity contribution in [1.29, 1.82) is 0 Å². The van der Waals surface area contributed by atoms with E-state index in [0.29, 0.717) is 5.56 Å². The molecular formula is C23H18F6O. The zero-order chi connectivity index (χ0) is 21.9. The van der Waals surface area contributed by atoms with Crippen LogP contribution in [0.3, 0.4) is 0 Å². The summed E-state index contributed by atoms with van der Waals surface area (Å²) in [5.41, 5.74) is 2.09. The maximum atomic E-state index is 14.7. The molecule has 158 valence electrons. The zero-order valence-corrected chi connectivity index (χ0v) is 15.9. The van der Waals surface area contributed by atoms with Crippen molar-refractivity contribution in [3.63, 3.8) is 0 Å². The summed E-state index contributed by atoms with van der Waals surface area (Å²) in [6.45, 7) is 2.08. The lowest BCUT2D eigenvalue weighted by Gasteiger charge is -2.18. The van der Waals surface area contributed by atoms with E-state index in [0.717, 1.165) is 42.7 Å². The summed E-state index contributed by atoms with van der Waals surface area (Å²) in [6.07, 6.45) is -8.05. The third-order valence-corrected chi connectivity index (χ3v) is 4.57. The van der Waals surface area contributed by atoms with Crippen molar-refractivity contribution in [1.82, 2.24) is 0 Å². The molecule has 0 spiro atoms. The van der Waals surface area contributed by atoms with Gasteiger partial charge >= 0.3 is 12.5 Å². The molecule has 0 saturated carbocycles. The maximum absolute atomic E-state index is 14.7. The van der Waals surface area contributed by atoms with Crippen molar-refractivity contribution < 1.29 is 31.1 Å². The largest absolute Gasteiger partial charge is 0.527 e. The second-order valence-electron chi connectivity index (χ2n) is 6.78. The third-order valence-electron chi connectivity index (χ3n) is 4.57. The Hall–Kier alpha value is -2.80. The monoisotopic (exact) mass is 424 g/mol. The summed E-state index contributed by atoms with van der Waals surface area (Å²) in [5, 5.41) is 0. The van der Waals surface area contributed by atoms with E-state index in [1.54, 1.807) is 6.07 Å². The first-order chi connectivity index (χ1) is 14.1. The van der Waals surface area contributed by atoms with E-state index in [1.807, 2.05) is 24.3 Å². The average Bonchev–Trinajstić information content (AvgIpc) is 2.67. The Labute approximate surface area is 169 Å². The van der Waals surface area contributed by atoms with Crippen LogP contribution in [0.4, 0.5) is 26.3 Å². The molecule has 7 heteroatoms. The molecule has 3 rings (SSSR count). The summed E-state index contributed by atoms with van der Waals surface area (Å²) in [4.78, 5) is 0. The smallest absolute Gasteiger partial charge is 0.222 e. The molecule has 0 aliphatic rings. The van der Waals surface area contributed by atoms with Crippen LogP contribution < -0.4 is 0 Å². The van der Waals surface area contributed by atoms with Gasteiger partial charge in [0.25, 0.3) is 0 Å². The maximum Gasteiger partial charge on any atom is 0.527 e. The summed E-state index contributed by atoms with van der Waals surface area (Å²) in [7, 11) is 0. The number of rotatable bonds is 6. The van der Waals surface area contributed by atoms with Crippen molar-refractivity contribution in [2.45, 2.75) is 32.2 Å². The molecule has 0 saturated heterocycles. The van der Waals surface area contributed by atoms with Gasteiger partial charge in [-0.2, -0.15) is 8.78 Å². The van der Waals surface area contributed by atoms with E-state index < -0.39 is 23.9 Å². The topological polar surface area (TPSA) is 9.23 Å². The summed E-state index contributed by atoms with van der Waals surface area (Å²) in [6, 6.07) is 16.1. The highest BCUT2D eigenvalue weighted by Gasteiger charge is 2.46. The summed E-state index contributed by atoms with van der Waals surface area (Å²) in [5.74, 6) is -0.573. The Bertz CT molecular complexity index is 992. The van der Waals surface area contributed by atoms with Crippen molar-refractivity contribution in [2.75, 3.05) is 0 Å². The number of aryl methyl sites for hydroxylation is 1. The van der Waals surface area contributed by atoms with Gasteiger partial charge in [-0.05, 0) is 46.9 Å². The van der Waals surface area contributed by atoms with Crippen molar-refractivity contribution in [3.05, 3.63) is 83.7 Å². The minimum atomic E-state index is -5.49. The fraction of sp³-hybridized carbons (Fsp3) is 0.217. The Kier molecular flexibility index (Phi) is 6.22. The number of ether oxygens (including phenoxy) is 1. The van der Waals surface area contributed by atoms with Crippen LogP contribution in [-0.2, 0) is 17.3 Å². The molecule has 0 unspecified atom stereocenters. The standard InChI is InChI=1S/C23H18F6O/c1-2-3-15-4-6-16(7-5-15)18-10-13-20(21(24)14-18)17-8-11-19(12-9-17)22(25,26)30-23(27,28)29/h4-14H,2-3H2,1H3. The lowest BCUT2D eigenvalue weighted by molar-refractivity contribution is -0.431. The lowest BCUT2D eigenvalue weighted by Crippen LogP contribution is -2.27. The average molecular weight is 424 g/mol. The minimum Gasteiger partial charge on any atom is -0.222 e. The Balaban J connectivity index is 1.83. The van der Waals surface area contributed by atoms with Gasteiger partial charge in [0.1, 0.15) is 5.82 Å². The van der Waals surface area contributed by atoms with Gasteiger partial charge in [0.05, 0.1) is 5.56 Å². The molecule has 0 atom stereocenters. The second kappa shape index (κ2) is 8.52. The molecule has 30 heavy (non-hydrogen) atoms. The predicted octanol–water partition coefficient (Wildman–Crippen LogP) is 7.70. The molecule has 3 aromatic rings. The molecule has 0 radical (unpaired) electrons. The predicted molar refractivity (Wildman–Crippen MR) is 102 cm³/mol. The van der Waals surface area contributed by atoms with Crippen molar-refractivity contribution >= 4 is 0 Å². The van der Waals surface area contributed by atoms with Crippen LogP contribution >= 0.6 is 0 Å². The number of hydrogen-bond donors (Lipinski definition) is 0. The highest BCUT2D eigenvalue weighted by Crippen LogP contribution is 2.37. The van der Waals surface area contributed by atoms with Gasteiger partial charge in [0, 0.05) is 5.56 Å². The third kappa shape index (κ3) is 5.21. The van der Waals surface area contributed by atoms with Crippen LogP contribution in [0.15, 0.2) is 66.7 Å². The fourth-order valence-corrected chi connectivity index (χ4v) is 3.13. The van der Waals surface area contributed by atoms with E-state index in [4.69, 9.17) is 0 Å². The number of benzene rings is 3. The highest BCUT2D eigenvalue weighted by molar-refractivity contribution is 5.71. The van der Waals surface area contributed by atoms with Crippen molar-refractivity contribution in [2.24, 2.45) is 0 Å². The van der Waals surface area contributed by atoms with Crippen LogP contribution in [-0.4, -0.2) is 6.36 Å². The van der Waals surface area contributed by atoms with E-state index >= 15 is 0 Å². The van der Waals surface area contributed by atoms with Gasteiger partial charge in [-0.15, -0.1) is 13.2 Å². The molecule has 0 aliphatic carbocycles. The normalized spacial score (nSPS) is 12.2. The van der Waals surface area contributed by atoms with E-state index in [-0.39, 0.29) is 11.1 Å². The molecule has 0 heterocycles. The van der Waals surface area contributed by atoms with E-state index in [1.165, 1.54) is 17.7 Å². The molecule has 0 aliphatic heterocycles. The molecule has 0 bridgehead atoms. The molecule has 0 aromatic heterocycles. The lowest BCUT2D eigenvalue weighted by atomic mass is 9.98. The van der Waals surface area contributed by atoms with Gasteiger partial charge < -0.3 is 0 Å². The molecule has 0 N–H and O–H groups in total. The van der Waals surface area contributed by atoms with Crippen LogP contribution in [0.1, 0.15) is 24.5 Å². The Morgan fingerprint density at radius 2 is 1.30 bits per heavy atom. The van der Waals surface area contributed by atoms with Crippen LogP contribution in [0.5, 0.6) is 0 Å². The summed E-state index contributed by atoms with van der Waals surface area (Å²) >= 11 is 0. The minimum absolute atomic E-state index is 0.146. The molecule has 0 amide bonds. The first-order valence-electron chi connectivity index (χ1n) is 9.23. The van der Waals surface area contributed by atoms with Gasteiger partial charge in [-0.3, -0.25) is 0 Å². The van der Waals surface area contributed by atoms with E-state index in [9.17, 15) is 26.3 Å². The quantitative estimate of drug-likeness (QED) is 0.369. The zero-order valence-electron chi connectivity index (χ0n) is 15.9. The van der Waals surface area contributed by atoms with E-state index in [2.05, 4.69) is 11.7 Å². The Morgan fingerprint density at radius 1 is 0.733 bits per heavy atom. The van der Waals surface area contributed by atoms with Gasteiger partial charge in [-0.1, -0.05) is 61.9 Å². The molecule has 0 fully saturated rings. The first kappa shape index (κ1) is 21.9. The first-order valence-corrected chi connectivity index (χ1v) is 9.23. The second-order valence-corrected chi connectivity index (χ2v) is 6.78.